The Bertz CT molecular complexity index is 1070. The highest BCUT2D eigenvalue weighted by Gasteiger charge is 2.28. The first-order valence-corrected chi connectivity index (χ1v) is 9.48. The molecular formula is C22H25N5O. The smallest absolute Gasteiger partial charge is 0.259 e. The van der Waals surface area contributed by atoms with Crippen LogP contribution >= 0.6 is 0 Å². The molecule has 6 nitrogen and oxygen atoms in total. The van der Waals surface area contributed by atoms with Gasteiger partial charge in [0.25, 0.3) is 5.56 Å². The van der Waals surface area contributed by atoms with Crippen LogP contribution in [0.5, 0.6) is 0 Å². The second-order valence-corrected chi connectivity index (χ2v) is 7.48. The number of rotatable bonds is 3. The Morgan fingerprint density at radius 2 is 1.82 bits per heavy atom. The van der Waals surface area contributed by atoms with Crippen molar-refractivity contribution in [2.24, 2.45) is 0 Å². The molecule has 1 aliphatic heterocycles. The zero-order valence-corrected chi connectivity index (χ0v) is 16.8. The van der Waals surface area contributed by atoms with E-state index >= 15 is 0 Å². The summed E-state index contributed by atoms with van der Waals surface area (Å²) in [5, 5.41) is 0. The number of aromatic nitrogens is 3. The van der Waals surface area contributed by atoms with Crippen molar-refractivity contribution in [2.45, 2.75) is 40.9 Å². The minimum Gasteiger partial charge on any atom is -0.298 e. The molecule has 0 unspecified atom stereocenters. The normalized spacial score (nSPS) is 14.2. The molecule has 0 spiro atoms. The van der Waals surface area contributed by atoms with Gasteiger partial charge in [0, 0.05) is 35.9 Å². The molecule has 0 atom stereocenters. The molecule has 1 aliphatic rings. The van der Waals surface area contributed by atoms with Crippen molar-refractivity contribution in [3.8, 4) is 0 Å². The van der Waals surface area contributed by atoms with Gasteiger partial charge in [0.15, 0.2) is 0 Å². The van der Waals surface area contributed by atoms with E-state index in [0.29, 0.717) is 31.4 Å². The predicted octanol–water partition coefficient (Wildman–Crippen LogP) is 3.44. The maximum Gasteiger partial charge on any atom is 0.259 e. The fraction of sp³-hybridized carbons (Fsp3) is 0.318. The van der Waals surface area contributed by atoms with E-state index in [1.165, 1.54) is 11.1 Å². The Hall–Kier alpha value is -2.99. The fourth-order valence-corrected chi connectivity index (χ4v) is 3.65. The zero-order valence-electron chi connectivity index (χ0n) is 16.8. The van der Waals surface area contributed by atoms with Crippen LogP contribution in [0.3, 0.4) is 0 Å². The molecule has 1 aromatic carbocycles. The summed E-state index contributed by atoms with van der Waals surface area (Å²) >= 11 is 0. The van der Waals surface area contributed by atoms with Gasteiger partial charge in [0.2, 0.25) is 5.95 Å². The van der Waals surface area contributed by atoms with Crippen LogP contribution in [0.15, 0.2) is 47.5 Å². The lowest BCUT2D eigenvalue weighted by Gasteiger charge is -2.39. The summed E-state index contributed by atoms with van der Waals surface area (Å²) < 4.78 is 1.78. The molecule has 0 saturated heterocycles. The Morgan fingerprint density at radius 3 is 2.57 bits per heavy atom. The van der Waals surface area contributed by atoms with E-state index in [4.69, 9.17) is 4.98 Å². The van der Waals surface area contributed by atoms with Crippen molar-refractivity contribution in [1.29, 1.82) is 0 Å². The SMILES string of the molecule is Cc1cccc(N2CN(Cc3cccnc3)Cn3c2nc(C)c(C)c3=O)c1C. The zero-order chi connectivity index (χ0) is 19.8. The molecule has 0 fully saturated rings. The average molecular weight is 375 g/mol. The van der Waals surface area contributed by atoms with E-state index in [9.17, 15) is 4.79 Å². The lowest BCUT2D eigenvalue weighted by molar-refractivity contribution is 0.189. The van der Waals surface area contributed by atoms with E-state index in [2.05, 4.69) is 52.9 Å². The van der Waals surface area contributed by atoms with Crippen LogP contribution in [-0.2, 0) is 13.2 Å². The van der Waals surface area contributed by atoms with Gasteiger partial charge in [-0.25, -0.2) is 4.98 Å². The second-order valence-electron chi connectivity index (χ2n) is 7.48. The molecule has 0 N–H and O–H groups in total. The maximum absolute atomic E-state index is 13.0. The van der Waals surface area contributed by atoms with Gasteiger partial charge in [-0.15, -0.1) is 0 Å². The van der Waals surface area contributed by atoms with Crippen molar-refractivity contribution in [3.63, 3.8) is 0 Å². The van der Waals surface area contributed by atoms with Crippen LogP contribution in [0.2, 0.25) is 0 Å². The molecule has 3 aromatic rings. The summed E-state index contributed by atoms with van der Waals surface area (Å²) in [6.45, 7) is 9.87. The molecule has 0 saturated carbocycles. The van der Waals surface area contributed by atoms with Crippen molar-refractivity contribution < 1.29 is 0 Å². The standard InChI is InChI=1S/C22H25N5O/c1-15-7-5-9-20(16(15)2)26-13-25(12-19-8-6-10-23-11-19)14-27-21(28)17(3)18(4)24-22(26)27/h5-11H,12-14H2,1-4H3. The van der Waals surface area contributed by atoms with E-state index in [-0.39, 0.29) is 5.56 Å². The minimum atomic E-state index is 0.0219. The van der Waals surface area contributed by atoms with Gasteiger partial charge in [0.1, 0.15) is 0 Å². The topological polar surface area (TPSA) is 54.3 Å². The first kappa shape index (κ1) is 18.4. The van der Waals surface area contributed by atoms with Crippen molar-refractivity contribution in [1.82, 2.24) is 19.4 Å². The maximum atomic E-state index is 13.0. The van der Waals surface area contributed by atoms with Gasteiger partial charge < -0.3 is 0 Å². The molecule has 0 aliphatic carbocycles. The second kappa shape index (κ2) is 7.20. The molecule has 0 bridgehead atoms. The molecule has 0 radical (unpaired) electrons. The lowest BCUT2D eigenvalue weighted by Crippen LogP contribution is -2.47. The summed E-state index contributed by atoms with van der Waals surface area (Å²) in [5.41, 5.74) is 6.13. The van der Waals surface area contributed by atoms with Gasteiger partial charge in [-0.3, -0.25) is 24.1 Å². The first-order chi connectivity index (χ1) is 13.5. The Kier molecular flexibility index (Phi) is 4.73. The van der Waals surface area contributed by atoms with Crippen molar-refractivity contribution in [2.75, 3.05) is 11.6 Å². The fourth-order valence-electron chi connectivity index (χ4n) is 3.65. The van der Waals surface area contributed by atoms with Gasteiger partial charge in [-0.1, -0.05) is 18.2 Å². The Morgan fingerprint density at radius 1 is 1.00 bits per heavy atom. The molecule has 28 heavy (non-hydrogen) atoms. The molecule has 3 heterocycles. The third-order valence-corrected chi connectivity index (χ3v) is 5.54. The third kappa shape index (κ3) is 3.20. The van der Waals surface area contributed by atoms with Crippen LogP contribution in [0.25, 0.3) is 0 Å². The highest BCUT2D eigenvalue weighted by atomic mass is 16.1. The number of hydrogen-bond donors (Lipinski definition) is 0. The molecular weight excluding hydrogens is 350 g/mol. The monoisotopic (exact) mass is 375 g/mol. The van der Waals surface area contributed by atoms with Gasteiger partial charge >= 0.3 is 0 Å². The number of nitrogens with zero attached hydrogens (tertiary/aromatic N) is 5. The number of aryl methyl sites for hydroxylation is 2. The molecule has 0 amide bonds. The minimum absolute atomic E-state index is 0.0219. The molecule has 144 valence electrons. The summed E-state index contributed by atoms with van der Waals surface area (Å²) in [6.07, 6.45) is 3.65. The molecule has 4 rings (SSSR count). The summed E-state index contributed by atoms with van der Waals surface area (Å²) in [4.78, 5) is 26.4. The summed E-state index contributed by atoms with van der Waals surface area (Å²) in [6, 6.07) is 10.3. The lowest BCUT2D eigenvalue weighted by atomic mass is 10.1. The van der Waals surface area contributed by atoms with Crippen LogP contribution in [-0.4, -0.2) is 26.1 Å². The van der Waals surface area contributed by atoms with Crippen LogP contribution in [0.1, 0.15) is 27.9 Å². The van der Waals surface area contributed by atoms with E-state index in [1.54, 1.807) is 10.8 Å². The van der Waals surface area contributed by atoms with Crippen LogP contribution < -0.4 is 10.5 Å². The highest BCUT2D eigenvalue weighted by Crippen LogP contribution is 2.31. The van der Waals surface area contributed by atoms with Gasteiger partial charge in [-0.2, -0.15) is 0 Å². The number of hydrogen-bond acceptors (Lipinski definition) is 5. The van der Waals surface area contributed by atoms with E-state index in [0.717, 1.165) is 16.9 Å². The number of pyridine rings is 1. The summed E-state index contributed by atoms with van der Waals surface area (Å²) in [7, 11) is 0. The van der Waals surface area contributed by atoms with Gasteiger partial charge in [0.05, 0.1) is 13.3 Å². The quantitative estimate of drug-likeness (QED) is 0.702. The number of fused-ring (bicyclic) bond motifs is 1. The number of anilines is 2. The number of benzene rings is 1. The molecule has 6 heteroatoms. The predicted molar refractivity (Wildman–Crippen MR) is 111 cm³/mol. The largest absolute Gasteiger partial charge is 0.298 e. The average Bonchev–Trinajstić information content (AvgIpc) is 2.69. The van der Waals surface area contributed by atoms with Gasteiger partial charge in [-0.05, 0) is 56.5 Å². The highest BCUT2D eigenvalue weighted by molar-refractivity contribution is 5.64. The van der Waals surface area contributed by atoms with Crippen LogP contribution in [0.4, 0.5) is 11.6 Å². The van der Waals surface area contributed by atoms with Crippen molar-refractivity contribution in [3.05, 3.63) is 81.0 Å². The Labute approximate surface area is 165 Å². The Balaban J connectivity index is 1.83. The van der Waals surface area contributed by atoms with Crippen LogP contribution in [0, 0.1) is 27.7 Å². The summed E-state index contributed by atoms with van der Waals surface area (Å²) in [5.74, 6) is 0.712. The van der Waals surface area contributed by atoms with E-state index in [1.807, 2.05) is 26.1 Å². The molecule has 2 aromatic heterocycles. The third-order valence-electron chi connectivity index (χ3n) is 5.54. The van der Waals surface area contributed by atoms with Crippen molar-refractivity contribution >= 4 is 11.6 Å². The first-order valence-electron chi connectivity index (χ1n) is 9.48. The van der Waals surface area contributed by atoms with E-state index < -0.39 is 0 Å².